The summed E-state index contributed by atoms with van der Waals surface area (Å²) >= 11 is 0. The van der Waals surface area contributed by atoms with Gasteiger partial charge in [-0.2, -0.15) is 5.10 Å². The molecule has 9 nitrogen and oxygen atoms in total. The van der Waals surface area contributed by atoms with Gasteiger partial charge in [0, 0.05) is 50.7 Å². The zero-order valence-corrected chi connectivity index (χ0v) is 20.8. The Morgan fingerprint density at radius 2 is 1.94 bits per heavy atom. The lowest BCUT2D eigenvalue weighted by atomic mass is 10.1. The Kier molecular flexibility index (Phi) is 5.70. The molecule has 4 aromatic heterocycles. The van der Waals surface area contributed by atoms with Crippen molar-refractivity contribution < 1.29 is 9.53 Å². The van der Waals surface area contributed by atoms with E-state index in [9.17, 15) is 4.79 Å². The van der Waals surface area contributed by atoms with Crippen LogP contribution in [0.1, 0.15) is 27.7 Å². The fourth-order valence-electron chi connectivity index (χ4n) is 4.42. The van der Waals surface area contributed by atoms with Gasteiger partial charge in [-0.05, 0) is 57.5 Å². The van der Waals surface area contributed by atoms with E-state index < -0.39 is 5.60 Å². The van der Waals surface area contributed by atoms with Crippen molar-refractivity contribution in [1.82, 2.24) is 29.0 Å². The summed E-state index contributed by atoms with van der Waals surface area (Å²) in [5, 5.41) is 4.26. The normalized spacial score (nSPS) is 16.7. The van der Waals surface area contributed by atoms with Crippen molar-refractivity contribution in [3.05, 3.63) is 55.1 Å². The molecule has 0 radical (unpaired) electrons. The zero-order chi connectivity index (χ0) is 24.7. The van der Waals surface area contributed by atoms with Gasteiger partial charge in [0.05, 0.1) is 23.8 Å². The van der Waals surface area contributed by atoms with Gasteiger partial charge in [0.25, 0.3) is 0 Å². The first-order valence-electron chi connectivity index (χ1n) is 11.9. The zero-order valence-electron chi connectivity index (χ0n) is 20.8. The lowest BCUT2D eigenvalue weighted by Crippen LogP contribution is -2.55. The number of hydrogen-bond acceptors (Lipinski definition) is 6. The lowest BCUT2D eigenvalue weighted by Gasteiger charge is -2.40. The van der Waals surface area contributed by atoms with Crippen molar-refractivity contribution in [3.63, 3.8) is 0 Å². The summed E-state index contributed by atoms with van der Waals surface area (Å²) in [6.45, 7) is 9.70. The second kappa shape index (κ2) is 8.72. The third kappa shape index (κ3) is 4.71. The van der Waals surface area contributed by atoms with Gasteiger partial charge in [-0.15, -0.1) is 0 Å². The van der Waals surface area contributed by atoms with Crippen LogP contribution in [0.3, 0.4) is 0 Å². The Bertz CT molecular complexity index is 1370. The fraction of sp³-hybridized carbons (Fsp3) is 0.385. The summed E-state index contributed by atoms with van der Waals surface area (Å²) in [5.41, 5.74) is 4.26. The number of aromatic nitrogens is 5. The van der Waals surface area contributed by atoms with Crippen LogP contribution in [0.5, 0.6) is 0 Å². The Balaban J connectivity index is 1.35. The van der Waals surface area contributed by atoms with Crippen LogP contribution in [0, 0.1) is 0 Å². The summed E-state index contributed by atoms with van der Waals surface area (Å²) in [7, 11) is 1.91. The predicted octanol–water partition coefficient (Wildman–Crippen LogP) is 4.24. The Labute approximate surface area is 205 Å². The Morgan fingerprint density at radius 1 is 1.11 bits per heavy atom. The van der Waals surface area contributed by atoms with Crippen LogP contribution in [0.15, 0.2) is 55.1 Å². The van der Waals surface area contributed by atoms with Crippen molar-refractivity contribution >= 4 is 17.6 Å². The monoisotopic (exact) mass is 473 g/mol. The number of ether oxygens (including phenoxy) is 1. The minimum Gasteiger partial charge on any atom is -0.444 e. The first-order chi connectivity index (χ1) is 16.7. The van der Waals surface area contributed by atoms with E-state index in [1.165, 1.54) is 0 Å². The molecule has 4 aromatic rings. The third-order valence-corrected chi connectivity index (χ3v) is 6.13. The predicted molar refractivity (Wildman–Crippen MR) is 135 cm³/mol. The first kappa shape index (κ1) is 22.9. The standard InChI is InChI=1S/C26H31N7O2/c1-18-16-31(11-12-32(18)25(34)35-26(2,3)4)23-8-6-7-21(29-23)22-15-27-24-13-19(9-10-33(22)24)20-14-28-30(5)17-20/h6-10,13-15,17-18H,11-12,16H2,1-5H3. The quantitative estimate of drug-likeness (QED) is 0.443. The number of imidazole rings is 1. The molecule has 0 saturated carbocycles. The SMILES string of the molecule is CC1CN(c2cccc(-c3cnc4cc(-c5cnn(C)c5)ccn34)n2)CCN1C(=O)OC(C)(C)C. The molecule has 0 N–H and O–H groups in total. The van der Waals surface area contributed by atoms with Gasteiger partial charge >= 0.3 is 6.09 Å². The van der Waals surface area contributed by atoms with Crippen LogP contribution in [-0.2, 0) is 11.8 Å². The van der Waals surface area contributed by atoms with E-state index in [1.807, 2.05) is 77.7 Å². The van der Waals surface area contributed by atoms with E-state index in [4.69, 9.17) is 9.72 Å². The van der Waals surface area contributed by atoms with Crippen LogP contribution >= 0.6 is 0 Å². The topological polar surface area (TPSA) is 80.8 Å². The number of carbonyl (C=O) groups excluding carboxylic acids is 1. The number of hydrogen-bond donors (Lipinski definition) is 0. The summed E-state index contributed by atoms with van der Waals surface area (Å²) in [6.07, 6.45) is 7.46. The van der Waals surface area contributed by atoms with Gasteiger partial charge < -0.3 is 14.5 Å². The highest BCUT2D eigenvalue weighted by Crippen LogP contribution is 2.26. The molecular formula is C26H31N7O2. The van der Waals surface area contributed by atoms with Crippen LogP contribution < -0.4 is 4.90 Å². The van der Waals surface area contributed by atoms with Gasteiger partial charge in [0.1, 0.15) is 17.1 Å². The number of piperazine rings is 1. The maximum atomic E-state index is 12.6. The molecule has 5 rings (SSSR count). The number of pyridine rings is 2. The minimum atomic E-state index is -0.503. The number of aryl methyl sites for hydroxylation is 1. The average molecular weight is 474 g/mol. The molecule has 35 heavy (non-hydrogen) atoms. The molecule has 1 unspecified atom stereocenters. The number of nitrogens with zero attached hydrogens (tertiary/aromatic N) is 7. The number of amides is 1. The van der Waals surface area contributed by atoms with E-state index in [1.54, 1.807) is 9.58 Å². The highest BCUT2D eigenvalue weighted by Gasteiger charge is 2.31. The smallest absolute Gasteiger partial charge is 0.410 e. The van der Waals surface area contributed by atoms with Gasteiger partial charge in [0.2, 0.25) is 0 Å². The summed E-state index contributed by atoms with van der Waals surface area (Å²) in [4.78, 5) is 26.2. The highest BCUT2D eigenvalue weighted by atomic mass is 16.6. The molecule has 9 heteroatoms. The van der Waals surface area contributed by atoms with Gasteiger partial charge in [-0.25, -0.2) is 14.8 Å². The number of rotatable bonds is 3. The van der Waals surface area contributed by atoms with Crippen LogP contribution in [0.4, 0.5) is 10.6 Å². The second-order valence-corrected chi connectivity index (χ2v) is 10.0. The van der Waals surface area contributed by atoms with Crippen molar-refractivity contribution in [3.8, 4) is 22.5 Å². The van der Waals surface area contributed by atoms with Crippen LogP contribution in [-0.4, -0.2) is 66.4 Å². The molecule has 1 amide bonds. The maximum absolute atomic E-state index is 12.6. The third-order valence-electron chi connectivity index (χ3n) is 6.13. The Hall–Kier alpha value is -3.88. The summed E-state index contributed by atoms with van der Waals surface area (Å²) < 4.78 is 9.42. The molecule has 1 aliphatic rings. The first-order valence-corrected chi connectivity index (χ1v) is 11.9. The maximum Gasteiger partial charge on any atom is 0.410 e. The number of carbonyl (C=O) groups is 1. The van der Waals surface area contributed by atoms with E-state index in [-0.39, 0.29) is 12.1 Å². The number of fused-ring (bicyclic) bond motifs is 1. The van der Waals surface area contributed by atoms with Gasteiger partial charge in [0.15, 0.2) is 0 Å². The molecule has 5 heterocycles. The van der Waals surface area contributed by atoms with E-state index in [2.05, 4.69) is 31.5 Å². The van der Waals surface area contributed by atoms with Crippen molar-refractivity contribution in [2.45, 2.75) is 39.3 Å². The molecule has 1 fully saturated rings. The molecule has 0 bridgehead atoms. The summed E-state index contributed by atoms with van der Waals surface area (Å²) in [5.74, 6) is 0.889. The lowest BCUT2D eigenvalue weighted by molar-refractivity contribution is 0.0158. The average Bonchev–Trinajstić information content (AvgIpc) is 3.43. The van der Waals surface area contributed by atoms with Crippen molar-refractivity contribution in [2.75, 3.05) is 24.5 Å². The fourth-order valence-corrected chi connectivity index (χ4v) is 4.42. The van der Waals surface area contributed by atoms with Crippen LogP contribution in [0.25, 0.3) is 28.2 Å². The minimum absolute atomic E-state index is 0.0192. The van der Waals surface area contributed by atoms with E-state index in [0.29, 0.717) is 19.6 Å². The van der Waals surface area contributed by atoms with E-state index in [0.717, 1.165) is 34.0 Å². The molecule has 0 spiro atoms. The molecule has 1 saturated heterocycles. The Morgan fingerprint density at radius 3 is 2.66 bits per heavy atom. The second-order valence-electron chi connectivity index (χ2n) is 10.0. The van der Waals surface area contributed by atoms with Crippen molar-refractivity contribution in [1.29, 1.82) is 0 Å². The van der Waals surface area contributed by atoms with Crippen LogP contribution in [0.2, 0.25) is 0 Å². The highest BCUT2D eigenvalue weighted by molar-refractivity contribution is 5.70. The number of anilines is 1. The molecule has 1 atom stereocenters. The van der Waals surface area contributed by atoms with Gasteiger partial charge in [-0.3, -0.25) is 9.08 Å². The van der Waals surface area contributed by atoms with E-state index >= 15 is 0 Å². The molecule has 182 valence electrons. The molecule has 1 aliphatic heterocycles. The summed E-state index contributed by atoms with van der Waals surface area (Å²) in [6, 6.07) is 10.2. The molecule has 0 aliphatic carbocycles. The van der Waals surface area contributed by atoms with Gasteiger partial charge in [-0.1, -0.05) is 6.07 Å². The molecule has 0 aromatic carbocycles. The van der Waals surface area contributed by atoms with Crippen molar-refractivity contribution in [2.24, 2.45) is 7.05 Å². The molecular weight excluding hydrogens is 442 g/mol. The largest absolute Gasteiger partial charge is 0.444 e.